The predicted octanol–water partition coefficient (Wildman–Crippen LogP) is 1.24. The molecule has 0 bridgehead atoms. The number of amides is 2. The van der Waals surface area contributed by atoms with Crippen molar-refractivity contribution < 1.29 is 19.1 Å². The van der Waals surface area contributed by atoms with Crippen LogP contribution in [0.15, 0.2) is 22.8 Å². The molecular formula is C13H16N2O4. The van der Waals surface area contributed by atoms with Gasteiger partial charge in [-0.25, -0.2) is 4.79 Å². The van der Waals surface area contributed by atoms with Crippen molar-refractivity contribution in [2.75, 3.05) is 19.6 Å². The monoisotopic (exact) mass is 264 g/mol. The molecule has 0 radical (unpaired) electrons. The number of carboxylic acids is 1. The van der Waals surface area contributed by atoms with Crippen LogP contribution in [0.25, 0.3) is 0 Å². The number of aliphatic carboxylic acids is 1. The number of terminal acetylenes is 1. The Balaban J connectivity index is 2.74. The molecule has 2 amide bonds. The van der Waals surface area contributed by atoms with Gasteiger partial charge in [0.05, 0.1) is 19.4 Å². The van der Waals surface area contributed by atoms with E-state index in [1.165, 1.54) is 11.2 Å². The van der Waals surface area contributed by atoms with Gasteiger partial charge in [0.15, 0.2) is 0 Å². The topological polar surface area (TPSA) is 74.0 Å². The third-order valence-electron chi connectivity index (χ3n) is 2.46. The SMILES string of the molecule is C#CCN(CC(=O)O)C(=O)N(CC)Cc1ccco1. The molecule has 0 aliphatic carbocycles. The maximum absolute atomic E-state index is 12.2. The quantitative estimate of drug-likeness (QED) is 0.784. The summed E-state index contributed by atoms with van der Waals surface area (Å²) in [5.74, 6) is 1.81. The van der Waals surface area contributed by atoms with E-state index in [2.05, 4.69) is 5.92 Å². The number of carbonyl (C=O) groups is 2. The lowest BCUT2D eigenvalue weighted by Gasteiger charge is -2.27. The molecule has 6 heteroatoms. The summed E-state index contributed by atoms with van der Waals surface area (Å²) in [6.45, 7) is 2.05. The predicted molar refractivity (Wildman–Crippen MR) is 68.2 cm³/mol. The summed E-state index contributed by atoms with van der Waals surface area (Å²) in [6.07, 6.45) is 6.66. The average Bonchev–Trinajstić information content (AvgIpc) is 2.87. The zero-order valence-corrected chi connectivity index (χ0v) is 10.7. The van der Waals surface area contributed by atoms with E-state index in [0.717, 1.165) is 4.90 Å². The molecule has 1 rings (SSSR count). The highest BCUT2D eigenvalue weighted by Gasteiger charge is 2.22. The highest BCUT2D eigenvalue weighted by molar-refractivity contribution is 5.80. The van der Waals surface area contributed by atoms with Crippen molar-refractivity contribution in [2.45, 2.75) is 13.5 Å². The molecule has 0 unspecified atom stereocenters. The fourth-order valence-corrected chi connectivity index (χ4v) is 1.57. The molecule has 102 valence electrons. The molecule has 0 saturated heterocycles. The summed E-state index contributed by atoms with van der Waals surface area (Å²) in [7, 11) is 0. The largest absolute Gasteiger partial charge is 0.480 e. The Bertz CT molecular complexity index is 461. The molecule has 1 heterocycles. The summed E-state index contributed by atoms with van der Waals surface area (Å²) in [5.41, 5.74) is 0. The Hall–Kier alpha value is -2.42. The minimum absolute atomic E-state index is 0.0419. The molecule has 1 aromatic rings. The van der Waals surface area contributed by atoms with Crippen molar-refractivity contribution in [3.05, 3.63) is 24.2 Å². The van der Waals surface area contributed by atoms with Crippen LogP contribution < -0.4 is 0 Å². The van der Waals surface area contributed by atoms with E-state index in [-0.39, 0.29) is 13.1 Å². The van der Waals surface area contributed by atoms with Crippen LogP contribution in [-0.4, -0.2) is 46.5 Å². The fraction of sp³-hybridized carbons (Fsp3) is 0.385. The van der Waals surface area contributed by atoms with Gasteiger partial charge in [-0.05, 0) is 19.1 Å². The van der Waals surface area contributed by atoms with Gasteiger partial charge < -0.3 is 19.3 Å². The van der Waals surface area contributed by atoms with E-state index in [9.17, 15) is 9.59 Å². The molecule has 19 heavy (non-hydrogen) atoms. The number of furan rings is 1. The lowest BCUT2D eigenvalue weighted by Crippen LogP contribution is -2.45. The molecule has 0 aromatic carbocycles. The summed E-state index contributed by atoms with van der Waals surface area (Å²) < 4.78 is 5.17. The van der Waals surface area contributed by atoms with Gasteiger partial charge in [0, 0.05) is 6.54 Å². The van der Waals surface area contributed by atoms with Crippen molar-refractivity contribution in [3.63, 3.8) is 0 Å². The molecule has 0 atom stereocenters. The second-order valence-corrected chi connectivity index (χ2v) is 3.83. The number of carboxylic acid groups (broad SMARTS) is 1. The van der Waals surface area contributed by atoms with Crippen molar-refractivity contribution >= 4 is 12.0 Å². The summed E-state index contributed by atoms with van der Waals surface area (Å²) in [4.78, 5) is 25.5. The van der Waals surface area contributed by atoms with Crippen LogP contribution in [-0.2, 0) is 11.3 Å². The second kappa shape index (κ2) is 7.11. The van der Waals surface area contributed by atoms with Gasteiger partial charge >= 0.3 is 12.0 Å². The molecular weight excluding hydrogens is 248 g/mol. The van der Waals surface area contributed by atoms with Gasteiger partial charge in [0.1, 0.15) is 12.3 Å². The summed E-state index contributed by atoms with van der Waals surface area (Å²) in [6, 6.07) is 3.06. The number of urea groups is 1. The number of carbonyl (C=O) groups excluding carboxylic acids is 1. The zero-order chi connectivity index (χ0) is 14.3. The standard InChI is InChI=1S/C13H16N2O4/c1-3-7-15(10-12(16)17)13(18)14(4-2)9-11-6-5-8-19-11/h1,5-6,8H,4,7,9-10H2,2H3,(H,16,17). The van der Waals surface area contributed by atoms with Crippen LogP contribution in [0.5, 0.6) is 0 Å². The molecule has 0 saturated carbocycles. The van der Waals surface area contributed by atoms with Crippen molar-refractivity contribution in [3.8, 4) is 12.3 Å². The van der Waals surface area contributed by atoms with Crippen LogP contribution in [0.2, 0.25) is 0 Å². The summed E-state index contributed by atoms with van der Waals surface area (Å²) in [5, 5.41) is 8.77. The molecule has 1 N–H and O–H groups in total. The van der Waals surface area contributed by atoms with Crippen LogP contribution in [0, 0.1) is 12.3 Å². The first-order valence-corrected chi connectivity index (χ1v) is 5.80. The van der Waals surface area contributed by atoms with Gasteiger partial charge in [-0.2, -0.15) is 0 Å². The molecule has 0 fully saturated rings. The van der Waals surface area contributed by atoms with Crippen molar-refractivity contribution in [1.29, 1.82) is 0 Å². The van der Waals surface area contributed by atoms with Crippen LogP contribution in [0.4, 0.5) is 4.79 Å². The number of nitrogens with zero attached hydrogens (tertiary/aromatic N) is 2. The molecule has 0 spiro atoms. The minimum Gasteiger partial charge on any atom is -0.480 e. The Kier molecular flexibility index (Phi) is 5.48. The average molecular weight is 264 g/mol. The lowest BCUT2D eigenvalue weighted by molar-refractivity contribution is -0.137. The van der Waals surface area contributed by atoms with Crippen molar-refractivity contribution in [2.24, 2.45) is 0 Å². The first kappa shape index (κ1) is 14.6. The van der Waals surface area contributed by atoms with E-state index in [1.54, 1.807) is 19.1 Å². The molecule has 6 nitrogen and oxygen atoms in total. The smallest absolute Gasteiger partial charge is 0.323 e. The third-order valence-corrected chi connectivity index (χ3v) is 2.46. The highest BCUT2D eigenvalue weighted by Crippen LogP contribution is 2.08. The Morgan fingerprint density at radius 2 is 2.21 bits per heavy atom. The number of hydrogen-bond donors (Lipinski definition) is 1. The Morgan fingerprint density at radius 1 is 1.47 bits per heavy atom. The van der Waals surface area contributed by atoms with Gasteiger partial charge in [0.25, 0.3) is 0 Å². The van der Waals surface area contributed by atoms with Crippen molar-refractivity contribution in [1.82, 2.24) is 9.80 Å². The zero-order valence-electron chi connectivity index (χ0n) is 10.7. The Morgan fingerprint density at radius 3 is 2.68 bits per heavy atom. The van der Waals surface area contributed by atoms with Gasteiger partial charge in [-0.1, -0.05) is 5.92 Å². The van der Waals surface area contributed by atoms with Crippen LogP contribution >= 0.6 is 0 Å². The maximum atomic E-state index is 12.2. The lowest BCUT2D eigenvalue weighted by atomic mass is 10.4. The summed E-state index contributed by atoms with van der Waals surface area (Å²) >= 11 is 0. The van der Waals surface area contributed by atoms with E-state index in [4.69, 9.17) is 15.9 Å². The first-order chi connectivity index (χ1) is 9.08. The minimum atomic E-state index is -1.10. The van der Waals surface area contributed by atoms with Gasteiger partial charge in [-0.15, -0.1) is 6.42 Å². The molecule has 1 aromatic heterocycles. The maximum Gasteiger partial charge on any atom is 0.323 e. The van der Waals surface area contributed by atoms with E-state index in [0.29, 0.717) is 12.3 Å². The second-order valence-electron chi connectivity index (χ2n) is 3.83. The van der Waals surface area contributed by atoms with Crippen LogP contribution in [0.1, 0.15) is 12.7 Å². The Labute approximate surface area is 111 Å². The van der Waals surface area contributed by atoms with Crippen LogP contribution in [0.3, 0.4) is 0 Å². The van der Waals surface area contributed by atoms with Gasteiger partial charge in [0.2, 0.25) is 0 Å². The number of rotatable bonds is 6. The van der Waals surface area contributed by atoms with Gasteiger partial charge in [-0.3, -0.25) is 4.79 Å². The van der Waals surface area contributed by atoms with E-state index >= 15 is 0 Å². The first-order valence-electron chi connectivity index (χ1n) is 5.80. The third kappa shape index (κ3) is 4.39. The highest BCUT2D eigenvalue weighted by atomic mass is 16.4. The molecule has 0 aliphatic heterocycles. The normalized spacial score (nSPS) is 9.68. The molecule has 0 aliphatic rings. The number of hydrogen-bond acceptors (Lipinski definition) is 3. The fourth-order valence-electron chi connectivity index (χ4n) is 1.57. The van der Waals surface area contributed by atoms with E-state index in [1.807, 2.05) is 0 Å². The van der Waals surface area contributed by atoms with E-state index < -0.39 is 18.5 Å².